The summed E-state index contributed by atoms with van der Waals surface area (Å²) >= 11 is 0. The molecule has 0 unspecified atom stereocenters. The highest BCUT2D eigenvalue weighted by molar-refractivity contribution is 6.17. The van der Waals surface area contributed by atoms with E-state index < -0.39 is 33.7 Å². The van der Waals surface area contributed by atoms with E-state index in [2.05, 4.69) is 0 Å². The molecule has 0 saturated carbocycles. The first-order valence-corrected chi connectivity index (χ1v) is 8.94. The molecule has 1 aromatic carbocycles. The highest BCUT2D eigenvalue weighted by Gasteiger charge is 2.36. The van der Waals surface area contributed by atoms with Crippen LogP contribution in [0.5, 0.6) is 5.75 Å². The van der Waals surface area contributed by atoms with Crippen LogP contribution in [-0.2, 0) is 16.7 Å². The van der Waals surface area contributed by atoms with E-state index in [0.717, 1.165) is 6.07 Å². The third-order valence-corrected chi connectivity index (χ3v) is 4.45. The van der Waals surface area contributed by atoms with Gasteiger partial charge in [-0.25, -0.2) is 9.59 Å². The van der Waals surface area contributed by atoms with E-state index in [4.69, 9.17) is 9.47 Å². The minimum atomic E-state index is -1.44. The van der Waals surface area contributed by atoms with E-state index in [1.54, 1.807) is 27.7 Å². The molecular formula is C19H24N2O8. The molecule has 29 heavy (non-hydrogen) atoms. The van der Waals surface area contributed by atoms with Gasteiger partial charge < -0.3 is 24.3 Å². The number of fused-ring (bicyclic) bond motifs is 1. The molecule has 0 saturated heterocycles. The van der Waals surface area contributed by atoms with Gasteiger partial charge >= 0.3 is 11.9 Å². The molecule has 0 amide bonds. The number of nitrogens with zero attached hydrogens (tertiary/aromatic N) is 2. The van der Waals surface area contributed by atoms with E-state index in [1.807, 2.05) is 0 Å². The molecule has 10 heteroatoms. The minimum absolute atomic E-state index is 0.0479. The molecule has 0 spiro atoms. The molecule has 0 radical (unpaired) electrons. The van der Waals surface area contributed by atoms with Crippen molar-refractivity contribution in [2.75, 3.05) is 20.3 Å². The molecule has 0 atom stereocenters. The van der Waals surface area contributed by atoms with Crippen molar-refractivity contribution >= 4 is 28.5 Å². The average Bonchev–Trinajstić information content (AvgIpc) is 2.95. The van der Waals surface area contributed by atoms with Crippen LogP contribution in [0.2, 0.25) is 0 Å². The van der Waals surface area contributed by atoms with Gasteiger partial charge in [-0.2, -0.15) is 0 Å². The van der Waals surface area contributed by atoms with Crippen molar-refractivity contribution < 1.29 is 34.2 Å². The van der Waals surface area contributed by atoms with Crippen molar-refractivity contribution in [2.24, 2.45) is 0 Å². The number of benzene rings is 1. The van der Waals surface area contributed by atoms with Gasteiger partial charge in [0.05, 0.1) is 23.2 Å². The van der Waals surface area contributed by atoms with Crippen LogP contribution in [0.15, 0.2) is 6.07 Å². The summed E-state index contributed by atoms with van der Waals surface area (Å²) in [6, 6.07) is 1.04. The average molecular weight is 408 g/mol. The fraction of sp³-hybridized carbons (Fsp3) is 0.474. The predicted octanol–water partition coefficient (Wildman–Crippen LogP) is 3.29. The van der Waals surface area contributed by atoms with Gasteiger partial charge in [0, 0.05) is 23.7 Å². The first-order valence-electron chi connectivity index (χ1n) is 8.94. The molecule has 0 aliphatic carbocycles. The Hall–Kier alpha value is -3.14. The van der Waals surface area contributed by atoms with Crippen molar-refractivity contribution in [1.82, 2.24) is 4.57 Å². The van der Waals surface area contributed by atoms with E-state index in [-0.39, 0.29) is 41.9 Å². The Morgan fingerprint density at radius 3 is 2.17 bits per heavy atom. The lowest BCUT2D eigenvalue weighted by Gasteiger charge is -2.25. The van der Waals surface area contributed by atoms with Crippen LogP contribution in [0.3, 0.4) is 0 Å². The number of nitro groups is 1. The molecule has 1 aromatic heterocycles. The smallest absolute Gasteiger partial charge is 0.340 e. The van der Waals surface area contributed by atoms with Crippen molar-refractivity contribution in [2.45, 2.75) is 39.7 Å². The number of rotatable bonds is 8. The highest BCUT2D eigenvalue weighted by atomic mass is 16.6. The summed E-state index contributed by atoms with van der Waals surface area (Å²) in [5, 5.41) is 31.4. The lowest BCUT2D eigenvalue weighted by atomic mass is 10.0. The zero-order chi connectivity index (χ0) is 22.1. The fourth-order valence-electron chi connectivity index (χ4n) is 3.50. The van der Waals surface area contributed by atoms with Crippen molar-refractivity contribution in [3.63, 3.8) is 0 Å². The van der Waals surface area contributed by atoms with Crippen molar-refractivity contribution in [3.05, 3.63) is 33.0 Å². The van der Waals surface area contributed by atoms with E-state index in [0.29, 0.717) is 5.69 Å². The first-order chi connectivity index (χ1) is 13.5. The van der Waals surface area contributed by atoms with Crippen LogP contribution in [0.4, 0.5) is 5.69 Å². The van der Waals surface area contributed by atoms with Crippen LogP contribution < -0.4 is 4.74 Å². The highest BCUT2D eigenvalue weighted by Crippen LogP contribution is 2.43. The van der Waals surface area contributed by atoms with E-state index >= 15 is 0 Å². The molecule has 158 valence electrons. The van der Waals surface area contributed by atoms with Crippen LogP contribution >= 0.6 is 0 Å². The van der Waals surface area contributed by atoms with Gasteiger partial charge in [-0.15, -0.1) is 0 Å². The molecule has 2 N–H and O–H groups in total. The topological polar surface area (TPSA) is 141 Å². The largest absolute Gasteiger partial charge is 0.490 e. The van der Waals surface area contributed by atoms with Gasteiger partial charge in [0.15, 0.2) is 0 Å². The fourth-order valence-corrected chi connectivity index (χ4v) is 3.50. The van der Waals surface area contributed by atoms with Gasteiger partial charge in [0.1, 0.15) is 23.4 Å². The third kappa shape index (κ3) is 3.88. The number of methoxy groups -OCH3 is 1. The molecule has 0 aliphatic heterocycles. The number of carboxylic acid groups (broad SMARTS) is 2. The second-order valence-corrected chi connectivity index (χ2v) is 7.38. The van der Waals surface area contributed by atoms with Gasteiger partial charge in [-0.05, 0) is 27.2 Å². The molecule has 1 heterocycles. The second-order valence-electron chi connectivity index (χ2n) is 7.38. The number of nitro benzene ring substituents is 1. The number of carbonyl (C=O) groups is 2. The predicted molar refractivity (Wildman–Crippen MR) is 104 cm³/mol. The normalized spacial score (nSPS) is 11.6. The molecule has 0 bridgehead atoms. The third-order valence-electron chi connectivity index (χ3n) is 4.45. The molecule has 2 rings (SSSR count). The van der Waals surface area contributed by atoms with Crippen LogP contribution in [0, 0.1) is 10.1 Å². The number of aromatic carboxylic acids is 2. The molecule has 0 aliphatic rings. The number of hydrogen-bond donors (Lipinski definition) is 2. The Morgan fingerprint density at radius 2 is 1.76 bits per heavy atom. The lowest BCUT2D eigenvalue weighted by Crippen LogP contribution is -2.24. The van der Waals surface area contributed by atoms with E-state index in [9.17, 15) is 29.9 Å². The maximum Gasteiger partial charge on any atom is 0.340 e. The zero-order valence-corrected chi connectivity index (χ0v) is 16.9. The molecular weight excluding hydrogens is 384 g/mol. The maximum absolute atomic E-state index is 12.1. The Balaban J connectivity index is 3.17. The lowest BCUT2D eigenvalue weighted by molar-refractivity contribution is -0.383. The molecule has 2 aromatic rings. The number of hydrogen-bond acceptors (Lipinski definition) is 6. The van der Waals surface area contributed by atoms with Crippen LogP contribution in [0.25, 0.3) is 10.9 Å². The Morgan fingerprint density at radius 1 is 1.17 bits per heavy atom. The van der Waals surface area contributed by atoms with Crippen molar-refractivity contribution in [1.29, 1.82) is 0 Å². The summed E-state index contributed by atoms with van der Waals surface area (Å²) in [5.41, 5.74) is -1.59. The van der Waals surface area contributed by atoms with E-state index in [1.165, 1.54) is 11.7 Å². The Labute approximate surface area is 166 Å². The maximum atomic E-state index is 12.1. The van der Waals surface area contributed by atoms with Gasteiger partial charge in [0.2, 0.25) is 0 Å². The summed E-state index contributed by atoms with van der Waals surface area (Å²) in [7, 11) is 1.42. The summed E-state index contributed by atoms with van der Waals surface area (Å²) in [4.78, 5) is 35.4. The Bertz CT molecular complexity index is 985. The summed E-state index contributed by atoms with van der Waals surface area (Å²) in [5.74, 6) is -3.07. The Kier molecular flexibility index (Phi) is 6.17. The van der Waals surface area contributed by atoms with Gasteiger partial charge in [0.25, 0.3) is 5.69 Å². The number of aromatic nitrogens is 1. The SMILES string of the molecule is CCc1c(C(=O)O)c2c(C(=O)O)c(OCCOC)cc([N+](=O)[O-])c2n1C(C)(C)C. The standard InChI is InChI=1S/C19H24N2O8/c1-6-10-13(17(22)23)15-14(18(24)25)12(29-8-7-28-5)9-11(21(26)27)16(15)20(10)19(2,3)4/h9H,6-8H2,1-5H3,(H,22,23)(H,24,25). The van der Waals surface area contributed by atoms with Crippen LogP contribution in [-0.4, -0.2) is 52.0 Å². The molecule has 10 nitrogen and oxygen atoms in total. The quantitative estimate of drug-likeness (QED) is 0.385. The zero-order valence-electron chi connectivity index (χ0n) is 16.9. The first kappa shape index (κ1) is 22.2. The molecule has 0 fully saturated rings. The summed E-state index contributed by atoms with van der Waals surface area (Å²) < 4.78 is 11.8. The minimum Gasteiger partial charge on any atom is -0.490 e. The number of ether oxygens (including phenoxy) is 2. The summed E-state index contributed by atoms with van der Waals surface area (Å²) in [6.45, 7) is 7.09. The van der Waals surface area contributed by atoms with Gasteiger partial charge in [-0.1, -0.05) is 6.92 Å². The number of non-ortho nitro benzene ring substituents is 1. The van der Waals surface area contributed by atoms with Gasteiger partial charge in [-0.3, -0.25) is 10.1 Å². The van der Waals surface area contributed by atoms with Crippen LogP contribution in [0.1, 0.15) is 54.1 Å². The monoisotopic (exact) mass is 408 g/mol. The second kappa shape index (κ2) is 8.08. The van der Waals surface area contributed by atoms with Crippen molar-refractivity contribution in [3.8, 4) is 5.75 Å². The number of carboxylic acids is 2. The summed E-state index contributed by atoms with van der Waals surface area (Å²) in [6.07, 6.45) is 0.240.